The molecular weight excluding hydrogens is 359 g/mol. The number of hydrogen-bond donors (Lipinski definition) is 1. The summed E-state index contributed by atoms with van der Waals surface area (Å²) in [4.78, 5) is 25.3. The van der Waals surface area contributed by atoms with Crippen molar-refractivity contribution in [2.75, 3.05) is 7.05 Å². The Kier molecular flexibility index (Phi) is 4.71. The van der Waals surface area contributed by atoms with Gasteiger partial charge in [-0.2, -0.15) is 13.2 Å². The molecule has 27 heavy (non-hydrogen) atoms. The van der Waals surface area contributed by atoms with Crippen LogP contribution >= 0.6 is 0 Å². The molecule has 1 aliphatic rings. The highest BCUT2D eigenvalue weighted by molar-refractivity contribution is 5.91. The maximum Gasteiger partial charge on any atom is 0.416 e. The van der Waals surface area contributed by atoms with E-state index in [2.05, 4.69) is 0 Å². The number of carboxylic acid groups (broad SMARTS) is 1. The van der Waals surface area contributed by atoms with Gasteiger partial charge in [0.25, 0.3) is 0 Å². The Bertz CT molecular complexity index is 871. The zero-order chi connectivity index (χ0) is 19.8. The lowest BCUT2D eigenvalue weighted by molar-refractivity contribution is -0.138. The van der Waals surface area contributed by atoms with E-state index in [0.717, 1.165) is 17.7 Å². The van der Waals surface area contributed by atoms with E-state index in [4.69, 9.17) is 5.11 Å². The molecule has 0 heterocycles. The molecule has 0 aromatic heterocycles. The highest BCUT2D eigenvalue weighted by Crippen LogP contribution is 2.50. The molecule has 3 rings (SSSR count). The second kappa shape index (κ2) is 6.72. The molecular formula is C20H18F3NO3. The molecule has 0 bridgehead atoms. The average Bonchev–Trinajstić information content (AvgIpc) is 3.43. The molecule has 1 N–H and O–H groups in total. The topological polar surface area (TPSA) is 57.6 Å². The molecule has 0 unspecified atom stereocenters. The van der Waals surface area contributed by atoms with E-state index in [0.29, 0.717) is 18.4 Å². The number of rotatable bonds is 5. The molecule has 0 atom stereocenters. The number of halogens is 3. The van der Waals surface area contributed by atoms with Gasteiger partial charge in [-0.25, -0.2) is 4.79 Å². The first kappa shape index (κ1) is 18.9. The van der Waals surface area contributed by atoms with Crippen LogP contribution in [0.1, 0.15) is 39.9 Å². The number of benzene rings is 2. The normalized spacial score (nSPS) is 15.3. The van der Waals surface area contributed by atoms with Crippen LogP contribution in [0.2, 0.25) is 0 Å². The van der Waals surface area contributed by atoms with E-state index >= 15 is 0 Å². The summed E-state index contributed by atoms with van der Waals surface area (Å²) < 4.78 is 38.9. The molecule has 4 nitrogen and oxygen atoms in total. The van der Waals surface area contributed by atoms with Gasteiger partial charge in [0.15, 0.2) is 0 Å². The molecule has 1 aliphatic carbocycles. The standard InChI is InChI=1S/C20H18F3NO3/c1-24(12-13-5-7-14(8-6-13)17(25)26)18(27)19(9-10-19)15-3-2-4-16(11-15)20(21,22)23/h2-8,11H,9-10,12H2,1H3,(H,25,26). The lowest BCUT2D eigenvalue weighted by Crippen LogP contribution is -2.36. The predicted octanol–water partition coefficient (Wildman–Crippen LogP) is 4.09. The fourth-order valence-corrected chi connectivity index (χ4v) is 3.21. The van der Waals surface area contributed by atoms with Crippen LogP contribution in [0.4, 0.5) is 13.2 Å². The molecule has 0 saturated heterocycles. The van der Waals surface area contributed by atoms with E-state index in [1.165, 1.54) is 23.1 Å². The highest BCUT2D eigenvalue weighted by Gasteiger charge is 2.53. The molecule has 0 aliphatic heterocycles. The summed E-state index contributed by atoms with van der Waals surface area (Å²) in [5.41, 5.74) is -0.385. The van der Waals surface area contributed by atoms with Crippen molar-refractivity contribution >= 4 is 11.9 Å². The summed E-state index contributed by atoms with van der Waals surface area (Å²) in [7, 11) is 1.60. The number of carbonyl (C=O) groups excluding carboxylic acids is 1. The summed E-state index contributed by atoms with van der Waals surface area (Å²) in [6, 6.07) is 11.1. The van der Waals surface area contributed by atoms with E-state index in [1.807, 2.05) is 0 Å². The van der Waals surface area contributed by atoms with E-state index in [1.54, 1.807) is 25.2 Å². The van der Waals surface area contributed by atoms with Crippen LogP contribution in [0.3, 0.4) is 0 Å². The molecule has 0 radical (unpaired) electrons. The largest absolute Gasteiger partial charge is 0.478 e. The number of amides is 1. The van der Waals surface area contributed by atoms with Gasteiger partial charge in [-0.05, 0) is 42.2 Å². The molecule has 0 spiro atoms. The minimum atomic E-state index is -4.45. The van der Waals surface area contributed by atoms with Gasteiger partial charge >= 0.3 is 12.1 Å². The summed E-state index contributed by atoms with van der Waals surface area (Å²) in [6.07, 6.45) is -3.43. The third-order valence-electron chi connectivity index (χ3n) is 4.87. The zero-order valence-corrected chi connectivity index (χ0v) is 14.6. The van der Waals surface area contributed by atoms with Crippen LogP contribution < -0.4 is 0 Å². The van der Waals surface area contributed by atoms with Gasteiger partial charge in [0, 0.05) is 13.6 Å². The summed E-state index contributed by atoms with van der Waals surface area (Å²) >= 11 is 0. The van der Waals surface area contributed by atoms with E-state index in [-0.39, 0.29) is 18.0 Å². The average molecular weight is 377 g/mol. The fraction of sp³-hybridized carbons (Fsp3) is 0.300. The smallest absolute Gasteiger partial charge is 0.416 e. The number of alkyl halides is 3. The number of carbonyl (C=O) groups is 2. The van der Waals surface area contributed by atoms with Gasteiger partial charge in [-0.15, -0.1) is 0 Å². The number of aromatic carboxylic acids is 1. The van der Waals surface area contributed by atoms with Crippen molar-refractivity contribution in [1.82, 2.24) is 4.90 Å². The molecule has 1 fully saturated rings. The molecule has 7 heteroatoms. The first-order valence-electron chi connectivity index (χ1n) is 8.39. The van der Waals surface area contributed by atoms with Crippen molar-refractivity contribution in [2.24, 2.45) is 0 Å². The van der Waals surface area contributed by atoms with Crippen molar-refractivity contribution in [2.45, 2.75) is 31.0 Å². The minimum Gasteiger partial charge on any atom is -0.478 e. The van der Waals surface area contributed by atoms with Crippen LogP contribution in [-0.4, -0.2) is 28.9 Å². The Morgan fingerprint density at radius 1 is 1.11 bits per heavy atom. The monoisotopic (exact) mass is 377 g/mol. The third kappa shape index (κ3) is 3.82. The SMILES string of the molecule is CN(Cc1ccc(C(=O)O)cc1)C(=O)C1(c2cccc(C(F)(F)F)c2)CC1. The minimum absolute atomic E-state index is 0.148. The lowest BCUT2D eigenvalue weighted by atomic mass is 9.92. The summed E-state index contributed by atoms with van der Waals surface area (Å²) in [6.45, 7) is 0.249. The van der Waals surface area contributed by atoms with Crippen LogP contribution in [0.25, 0.3) is 0 Å². The van der Waals surface area contributed by atoms with E-state index in [9.17, 15) is 22.8 Å². The Morgan fingerprint density at radius 3 is 2.26 bits per heavy atom. The number of carboxylic acids is 1. The number of likely N-dealkylation sites (N-methyl/N-ethyl adjacent to an activating group) is 1. The Balaban J connectivity index is 1.77. The molecule has 1 saturated carbocycles. The predicted molar refractivity (Wildman–Crippen MR) is 92.2 cm³/mol. The van der Waals surface area contributed by atoms with Gasteiger partial charge in [-0.3, -0.25) is 4.79 Å². The van der Waals surface area contributed by atoms with Crippen molar-refractivity contribution in [3.05, 3.63) is 70.8 Å². The number of nitrogens with zero attached hydrogens (tertiary/aromatic N) is 1. The molecule has 142 valence electrons. The van der Waals surface area contributed by atoms with Gasteiger partial charge in [0.05, 0.1) is 16.5 Å². The van der Waals surface area contributed by atoms with Crippen molar-refractivity contribution in [3.8, 4) is 0 Å². The second-order valence-corrected chi connectivity index (χ2v) is 6.82. The van der Waals surface area contributed by atoms with Gasteiger partial charge in [0.1, 0.15) is 0 Å². The van der Waals surface area contributed by atoms with Crippen LogP contribution in [0.15, 0.2) is 48.5 Å². The van der Waals surface area contributed by atoms with Crippen molar-refractivity contribution in [1.29, 1.82) is 0 Å². The fourth-order valence-electron chi connectivity index (χ4n) is 3.21. The maximum absolute atomic E-state index is 13.0. The van der Waals surface area contributed by atoms with Gasteiger partial charge < -0.3 is 10.0 Å². The first-order chi connectivity index (χ1) is 12.6. The van der Waals surface area contributed by atoms with Crippen LogP contribution in [0, 0.1) is 0 Å². The summed E-state index contributed by atoms with van der Waals surface area (Å²) in [5, 5.41) is 8.92. The van der Waals surface area contributed by atoms with Crippen LogP contribution in [-0.2, 0) is 22.9 Å². The summed E-state index contributed by atoms with van der Waals surface area (Å²) in [5.74, 6) is -1.27. The Hall–Kier alpha value is -2.83. The number of hydrogen-bond acceptors (Lipinski definition) is 2. The quantitative estimate of drug-likeness (QED) is 0.854. The van der Waals surface area contributed by atoms with Gasteiger partial charge in [0.2, 0.25) is 5.91 Å². The maximum atomic E-state index is 13.0. The van der Waals surface area contributed by atoms with Crippen molar-refractivity contribution < 1.29 is 27.9 Å². The second-order valence-electron chi connectivity index (χ2n) is 6.82. The molecule has 2 aromatic carbocycles. The van der Waals surface area contributed by atoms with Gasteiger partial charge in [-0.1, -0.05) is 30.3 Å². The van der Waals surface area contributed by atoms with Crippen LogP contribution in [0.5, 0.6) is 0 Å². The Labute approximate surface area is 154 Å². The molecule has 1 amide bonds. The highest BCUT2D eigenvalue weighted by atomic mass is 19.4. The zero-order valence-electron chi connectivity index (χ0n) is 14.6. The molecule has 2 aromatic rings. The van der Waals surface area contributed by atoms with E-state index < -0.39 is 23.1 Å². The lowest BCUT2D eigenvalue weighted by Gasteiger charge is -2.24. The van der Waals surface area contributed by atoms with Crippen molar-refractivity contribution in [3.63, 3.8) is 0 Å². The third-order valence-corrected chi connectivity index (χ3v) is 4.87. The first-order valence-corrected chi connectivity index (χ1v) is 8.39. The Morgan fingerprint density at radius 2 is 1.74 bits per heavy atom.